The van der Waals surface area contributed by atoms with E-state index >= 15 is 0 Å². The number of hydrogen-bond acceptors (Lipinski definition) is 7. The average molecular weight is 380 g/mol. The summed E-state index contributed by atoms with van der Waals surface area (Å²) in [5.41, 5.74) is 0. The molecule has 9 heteroatoms. The molecule has 8 nitrogen and oxygen atoms in total. The van der Waals surface area contributed by atoms with E-state index in [4.69, 9.17) is 9.26 Å². The van der Waals surface area contributed by atoms with E-state index in [0.717, 1.165) is 19.3 Å². The predicted octanol–water partition coefficient (Wildman–Crippen LogP) is 1.93. The van der Waals surface area contributed by atoms with Crippen molar-refractivity contribution in [1.29, 1.82) is 0 Å². The second-order valence-electron chi connectivity index (χ2n) is 6.16. The van der Waals surface area contributed by atoms with Crippen LogP contribution in [0.5, 0.6) is 5.75 Å². The van der Waals surface area contributed by atoms with Crippen LogP contribution in [-0.2, 0) is 16.4 Å². The number of rotatable bonds is 7. The van der Waals surface area contributed by atoms with Crippen LogP contribution in [0.3, 0.4) is 0 Å². The van der Waals surface area contributed by atoms with Crippen LogP contribution >= 0.6 is 0 Å². The van der Waals surface area contributed by atoms with Gasteiger partial charge in [-0.05, 0) is 30.7 Å². The van der Waals surface area contributed by atoms with Gasteiger partial charge in [-0.2, -0.15) is 9.29 Å². The van der Waals surface area contributed by atoms with Gasteiger partial charge < -0.3 is 14.2 Å². The van der Waals surface area contributed by atoms with Crippen molar-refractivity contribution in [3.8, 4) is 5.75 Å². The van der Waals surface area contributed by atoms with Gasteiger partial charge in [0.15, 0.2) is 5.82 Å². The molecular weight excluding hydrogens is 356 g/mol. The van der Waals surface area contributed by atoms with Gasteiger partial charge in [0.05, 0.1) is 12.0 Å². The van der Waals surface area contributed by atoms with Crippen molar-refractivity contribution in [2.75, 3.05) is 38.2 Å². The number of sulfonamides is 1. The third kappa shape index (κ3) is 3.99. The Morgan fingerprint density at radius 2 is 1.85 bits per heavy atom. The summed E-state index contributed by atoms with van der Waals surface area (Å²) in [6.45, 7) is 3.90. The van der Waals surface area contributed by atoms with Gasteiger partial charge in [-0.15, -0.1) is 0 Å². The van der Waals surface area contributed by atoms with Crippen molar-refractivity contribution >= 4 is 16.0 Å². The molecule has 0 aliphatic carbocycles. The second kappa shape index (κ2) is 8.05. The highest BCUT2D eigenvalue weighted by Gasteiger charge is 2.30. The number of aromatic nitrogens is 2. The molecule has 1 aliphatic heterocycles. The Morgan fingerprint density at radius 3 is 2.46 bits per heavy atom. The zero-order chi connectivity index (χ0) is 18.6. The number of ether oxygens (including phenoxy) is 1. The van der Waals surface area contributed by atoms with Gasteiger partial charge in [0.25, 0.3) is 0 Å². The molecular formula is C17H24N4O4S. The summed E-state index contributed by atoms with van der Waals surface area (Å²) >= 11 is 0. The first kappa shape index (κ1) is 18.7. The number of benzene rings is 1. The number of hydrogen-bond donors (Lipinski definition) is 0. The SMILES string of the molecule is CCCCc1noc(N2CCN(S(=O)(=O)c3ccc(OC)cc3)CC2)n1. The van der Waals surface area contributed by atoms with E-state index in [2.05, 4.69) is 17.1 Å². The van der Waals surface area contributed by atoms with E-state index in [1.807, 2.05) is 4.90 Å². The Bertz CT molecular complexity index is 812. The zero-order valence-corrected chi connectivity index (χ0v) is 15.9. The molecule has 3 rings (SSSR count). The molecule has 0 atom stereocenters. The number of anilines is 1. The summed E-state index contributed by atoms with van der Waals surface area (Å²) in [6, 6.07) is 6.91. The van der Waals surface area contributed by atoms with Crippen LogP contribution < -0.4 is 9.64 Å². The zero-order valence-electron chi connectivity index (χ0n) is 15.1. The molecule has 1 fully saturated rings. The van der Waals surface area contributed by atoms with E-state index in [0.29, 0.717) is 43.8 Å². The van der Waals surface area contributed by atoms with Crippen molar-refractivity contribution in [3.63, 3.8) is 0 Å². The minimum atomic E-state index is -3.51. The lowest BCUT2D eigenvalue weighted by Gasteiger charge is -2.32. The maximum atomic E-state index is 12.8. The Morgan fingerprint density at radius 1 is 1.15 bits per heavy atom. The highest BCUT2D eigenvalue weighted by atomic mass is 32.2. The highest BCUT2D eigenvalue weighted by molar-refractivity contribution is 7.89. The van der Waals surface area contributed by atoms with Crippen molar-refractivity contribution in [2.24, 2.45) is 0 Å². The molecule has 0 N–H and O–H groups in total. The van der Waals surface area contributed by atoms with Crippen LogP contribution in [0.2, 0.25) is 0 Å². The lowest BCUT2D eigenvalue weighted by atomic mass is 10.2. The first-order valence-corrected chi connectivity index (χ1v) is 10.2. The maximum absolute atomic E-state index is 12.8. The topological polar surface area (TPSA) is 88.8 Å². The lowest BCUT2D eigenvalue weighted by molar-refractivity contribution is 0.353. The van der Waals surface area contributed by atoms with E-state index in [1.165, 1.54) is 4.31 Å². The second-order valence-corrected chi connectivity index (χ2v) is 8.10. The number of aryl methyl sites for hydroxylation is 1. The lowest BCUT2D eigenvalue weighted by Crippen LogP contribution is -2.48. The van der Waals surface area contributed by atoms with Crippen LogP contribution in [0.4, 0.5) is 6.01 Å². The summed E-state index contributed by atoms with van der Waals surface area (Å²) < 4.78 is 37.4. The van der Waals surface area contributed by atoms with E-state index in [9.17, 15) is 8.42 Å². The minimum absolute atomic E-state index is 0.270. The molecule has 142 valence electrons. The van der Waals surface area contributed by atoms with Crippen LogP contribution in [0, 0.1) is 0 Å². The maximum Gasteiger partial charge on any atom is 0.324 e. The summed E-state index contributed by atoms with van der Waals surface area (Å²) in [6.07, 6.45) is 2.89. The molecule has 0 unspecified atom stereocenters. The quantitative estimate of drug-likeness (QED) is 0.725. The van der Waals surface area contributed by atoms with Crippen molar-refractivity contribution < 1.29 is 17.7 Å². The number of piperazine rings is 1. The van der Waals surface area contributed by atoms with Crippen LogP contribution in [0.15, 0.2) is 33.7 Å². The summed E-state index contributed by atoms with van der Waals surface area (Å²) in [7, 11) is -1.97. The molecule has 0 bridgehead atoms. The number of unbranched alkanes of at least 4 members (excludes halogenated alkanes) is 1. The average Bonchev–Trinajstić information content (AvgIpc) is 3.15. The summed E-state index contributed by atoms with van der Waals surface area (Å²) in [5, 5.41) is 3.99. The standard InChI is InChI=1S/C17H24N4O4S/c1-3-4-5-16-18-17(25-19-16)20-10-12-21(13-11-20)26(22,23)15-8-6-14(24-2)7-9-15/h6-9H,3-5,10-13H2,1-2H3. The Hall–Kier alpha value is -2.13. The van der Waals surface area contributed by atoms with Gasteiger partial charge in [0.1, 0.15) is 5.75 Å². The van der Waals surface area contributed by atoms with Crippen molar-refractivity contribution in [1.82, 2.24) is 14.4 Å². The Balaban J connectivity index is 1.62. The summed E-state index contributed by atoms with van der Waals surface area (Å²) in [5.74, 6) is 1.33. The molecule has 26 heavy (non-hydrogen) atoms. The molecule has 0 radical (unpaired) electrons. The molecule has 0 spiro atoms. The third-order valence-corrected chi connectivity index (χ3v) is 6.33. The van der Waals surface area contributed by atoms with Gasteiger partial charge in [-0.3, -0.25) is 0 Å². The predicted molar refractivity (Wildman–Crippen MR) is 96.9 cm³/mol. The van der Waals surface area contributed by atoms with Gasteiger partial charge in [-0.25, -0.2) is 8.42 Å². The smallest absolute Gasteiger partial charge is 0.324 e. The first-order valence-electron chi connectivity index (χ1n) is 8.76. The highest BCUT2D eigenvalue weighted by Crippen LogP contribution is 2.22. The fraction of sp³-hybridized carbons (Fsp3) is 0.529. The first-order chi connectivity index (χ1) is 12.5. The fourth-order valence-corrected chi connectivity index (χ4v) is 4.25. The largest absolute Gasteiger partial charge is 0.497 e. The molecule has 0 amide bonds. The molecule has 1 aromatic heterocycles. The van der Waals surface area contributed by atoms with Crippen LogP contribution in [-0.4, -0.2) is 56.2 Å². The van der Waals surface area contributed by atoms with Gasteiger partial charge in [0.2, 0.25) is 10.0 Å². The fourth-order valence-electron chi connectivity index (χ4n) is 2.83. The Labute approximate surface area is 153 Å². The van der Waals surface area contributed by atoms with Crippen molar-refractivity contribution in [3.05, 3.63) is 30.1 Å². The van der Waals surface area contributed by atoms with Crippen LogP contribution in [0.25, 0.3) is 0 Å². The molecule has 1 saturated heterocycles. The van der Waals surface area contributed by atoms with E-state index in [-0.39, 0.29) is 4.90 Å². The van der Waals surface area contributed by atoms with Crippen molar-refractivity contribution in [2.45, 2.75) is 31.1 Å². The molecule has 2 heterocycles. The van der Waals surface area contributed by atoms with Gasteiger partial charge in [-0.1, -0.05) is 18.5 Å². The molecule has 0 saturated carbocycles. The van der Waals surface area contributed by atoms with Gasteiger partial charge in [0, 0.05) is 32.6 Å². The summed E-state index contributed by atoms with van der Waals surface area (Å²) in [4.78, 5) is 6.61. The molecule has 2 aromatic rings. The molecule has 1 aromatic carbocycles. The normalized spacial score (nSPS) is 16.0. The monoisotopic (exact) mass is 380 g/mol. The number of nitrogens with zero attached hydrogens (tertiary/aromatic N) is 4. The van der Waals surface area contributed by atoms with Gasteiger partial charge >= 0.3 is 6.01 Å². The minimum Gasteiger partial charge on any atom is -0.497 e. The van der Waals surface area contributed by atoms with E-state index in [1.54, 1.807) is 31.4 Å². The Kier molecular flexibility index (Phi) is 5.77. The third-order valence-electron chi connectivity index (χ3n) is 4.42. The molecule has 1 aliphatic rings. The van der Waals surface area contributed by atoms with E-state index < -0.39 is 10.0 Å². The number of methoxy groups -OCH3 is 1. The van der Waals surface area contributed by atoms with Crippen LogP contribution in [0.1, 0.15) is 25.6 Å².